The maximum atomic E-state index is 13.1. The second-order valence-electron chi connectivity index (χ2n) is 7.66. The molecule has 0 aliphatic carbocycles. The molecule has 168 valence electrons. The quantitative estimate of drug-likeness (QED) is 0.178. The van der Waals surface area contributed by atoms with Crippen LogP contribution in [0, 0.1) is 0 Å². The van der Waals surface area contributed by atoms with E-state index in [1.807, 2.05) is 60.7 Å². The number of hydrogen-bond acceptors (Lipinski definition) is 5. The van der Waals surface area contributed by atoms with Gasteiger partial charge in [0.2, 0.25) is 0 Å². The second-order valence-corrected chi connectivity index (χ2v) is 8.86. The van der Waals surface area contributed by atoms with Crippen molar-refractivity contribution >= 4 is 34.4 Å². The number of carbonyl (C=O) groups is 1. The zero-order chi connectivity index (χ0) is 23.0. The molecule has 0 aliphatic rings. The van der Waals surface area contributed by atoms with E-state index < -0.39 is 0 Å². The summed E-state index contributed by atoms with van der Waals surface area (Å²) in [6.07, 6.45) is 4.76. The smallest absolute Gasteiger partial charge is 0.272 e. The normalized spacial score (nSPS) is 11.2. The molecule has 4 aromatic rings. The lowest BCUT2D eigenvalue weighted by atomic mass is 10.0. The predicted octanol–water partition coefficient (Wildman–Crippen LogP) is 6.47. The molecule has 0 spiro atoms. The number of aromatic nitrogens is 1. The summed E-state index contributed by atoms with van der Waals surface area (Å²) in [4.78, 5) is 20.1. The maximum absolute atomic E-state index is 13.1. The molecule has 0 atom stereocenters. The van der Waals surface area contributed by atoms with Crippen molar-refractivity contribution in [3.63, 3.8) is 0 Å². The SMILES string of the molecule is CCCCOc1cccc(-c2cc(C(=O)N/N=C/c3ccc(CC)s3)c3ccccc3n2)c1. The third-order valence-electron chi connectivity index (χ3n) is 5.25. The van der Waals surface area contributed by atoms with Gasteiger partial charge in [-0.1, -0.05) is 50.6 Å². The number of nitrogens with one attached hydrogen (secondary N) is 1. The second kappa shape index (κ2) is 10.9. The van der Waals surface area contributed by atoms with Crippen LogP contribution in [0.15, 0.2) is 71.8 Å². The van der Waals surface area contributed by atoms with Crippen molar-refractivity contribution < 1.29 is 9.53 Å². The summed E-state index contributed by atoms with van der Waals surface area (Å²) in [6, 6.07) is 21.4. The van der Waals surface area contributed by atoms with Crippen LogP contribution in [0.2, 0.25) is 0 Å². The Bertz CT molecular complexity index is 1280. The zero-order valence-corrected chi connectivity index (χ0v) is 19.7. The van der Waals surface area contributed by atoms with Crippen LogP contribution in [0.4, 0.5) is 0 Å². The molecular weight excluding hydrogens is 430 g/mol. The largest absolute Gasteiger partial charge is 0.494 e. The molecule has 0 bridgehead atoms. The maximum Gasteiger partial charge on any atom is 0.272 e. The molecule has 2 heterocycles. The van der Waals surface area contributed by atoms with Crippen LogP contribution < -0.4 is 10.2 Å². The highest BCUT2D eigenvalue weighted by atomic mass is 32.1. The van der Waals surface area contributed by atoms with E-state index in [4.69, 9.17) is 9.72 Å². The van der Waals surface area contributed by atoms with E-state index in [2.05, 4.69) is 30.4 Å². The number of nitrogens with zero attached hydrogens (tertiary/aromatic N) is 2. The molecule has 0 saturated carbocycles. The van der Waals surface area contributed by atoms with Gasteiger partial charge in [-0.2, -0.15) is 5.10 Å². The first-order valence-electron chi connectivity index (χ1n) is 11.2. The van der Waals surface area contributed by atoms with Gasteiger partial charge in [0.1, 0.15) is 5.75 Å². The van der Waals surface area contributed by atoms with Crippen molar-refractivity contribution in [1.82, 2.24) is 10.4 Å². The number of hydrogen-bond donors (Lipinski definition) is 1. The summed E-state index contributed by atoms with van der Waals surface area (Å²) >= 11 is 1.67. The summed E-state index contributed by atoms with van der Waals surface area (Å²) in [6.45, 7) is 4.94. The Labute approximate surface area is 198 Å². The number of carbonyl (C=O) groups excluding carboxylic acids is 1. The molecule has 6 heteroatoms. The summed E-state index contributed by atoms with van der Waals surface area (Å²) in [5, 5.41) is 4.96. The van der Waals surface area contributed by atoms with E-state index in [1.165, 1.54) is 4.88 Å². The molecule has 1 N–H and O–H groups in total. The predicted molar refractivity (Wildman–Crippen MR) is 136 cm³/mol. The minimum atomic E-state index is -0.270. The number of amides is 1. The first-order chi connectivity index (χ1) is 16.2. The molecule has 2 aromatic carbocycles. The number of unbranched alkanes of at least 4 members (excludes halogenated alkanes) is 1. The molecule has 2 aromatic heterocycles. The molecule has 0 fully saturated rings. The van der Waals surface area contributed by atoms with Gasteiger partial charge in [0, 0.05) is 20.7 Å². The average molecular weight is 458 g/mol. The highest BCUT2D eigenvalue weighted by molar-refractivity contribution is 7.13. The van der Waals surface area contributed by atoms with Crippen molar-refractivity contribution in [3.8, 4) is 17.0 Å². The lowest BCUT2D eigenvalue weighted by Crippen LogP contribution is -2.18. The Morgan fingerprint density at radius 2 is 1.97 bits per heavy atom. The fourth-order valence-electron chi connectivity index (χ4n) is 3.46. The summed E-state index contributed by atoms with van der Waals surface area (Å²) in [5.41, 5.74) is 5.58. The Morgan fingerprint density at radius 3 is 2.79 bits per heavy atom. The van der Waals surface area contributed by atoms with E-state index in [0.717, 1.165) is 52.0 Å². The number of ether oxygens (including phenoxy) is 1. The van der Waals surface area contributed by atoms with Crippen molar-refractivity contribution in [2.45, 2.75) is 33.1 Å². The number of fused-ring (bicyclic) bond motifs is 1. The highest BCUT2D eigenvalue weighted by Crippen LogP contribution is 2.27. The Balaban J connectivity index is 1.61. The zero-order valence-electron chi connectivity index (χ0n) is 18.9. The van der Waals surface area contributed by atoms with Gasteiger partial charge in [-0.15, -0.1) is 11.3 Å². The number of thiophene rings is 1. The van der Waals surface area contributed by atoms with Gasteiger partial charge in [0.05, 0.1) is 29.6 Å². The van der Waals surface area contributed by atoms with Crippen molar-refractivity contribution in [1.29, 1.82) is 0 Å². The van der Waals surface area contributed by atoms with Gasteiger partial charge in [-0.25, -0.2) is 10.4 Å². The summed E-state index contributed by atoms with van der Waals surface area (Å²) < 4.78 is 5.85. The van der Waals surface area contributed by atoms with Gasteiger partial charge in [-0.05, 0) is 49.2 Å². The summed E-state index contributed by atoms with van der Waals surface area (Å²) in [5.74, 6) is 0.530. The Hall–Kier alpha value is -3.51. The number of aryl methyl sites for hydroxylation is 1. The van der Waals surface area contributed by atoms with Gasteiger partial charge < -0.3 is 4.74 Å². The molecular formula is C27H27N3O2S. The minimum Gasteiger partial charge on any atom is -0.494 e. The van der Waals surface area contributed by atoms with Crippen molar-refractivity contribution in [2.24, 2.45) is 5.10 Å². The first-order valence-corrected chi connectivity index (χ1v) is 12.0. The topological polar surface area (TPSA) is 63.6 Å². The number of para-hydroxylation sites is 1. The van der Waals surface area contributed by atoms with Gasteiger partial charge >= 0.3 is 0 Å². The van der Waals surface area contributed by atoms with Crippen LogP contribution in [0.5, 0.6) is 5.75 Å². The number of pyridine rings is 1. The highest BCUT2D eigenvalue weighted by Gasteiger charge is 2.14. The number of rotatable bonds is 9. The third-order valence-corrected chi connectivity index (χ3v) is 6.41. The van der Waals surface area contributed by atoms with E-state index in [-0.39, 0.29) is 5.91 Å². The van der Waals surface area contributed by atoms with E-state index in [9.17, 15) is 4.79 Å². The molecule has 33 heavy (non-hydrogen) atoms. The van der Waals surface area contributed by atoms with E-state index in [0.29, 0.717) is 12.2 Å². The Kier molecular flexibility index (Phi) is 7.47. The van der Waals surface area contributed by atoms with E-state index in [1.54, 1.807) is 17.6 Å². The third kappa shape index (κ3) is 5.65. The standard InChI is InChI=1S/C27H27N3O2S/c1-3-5-15-32-20-10-8-9-19(16-20)26-17-24(23-11-6-7-12-25(23)29-26)27(31)30-28-18-22-14-13-21(4-2)33-22/h6-14,16-18H,3-5,15H2,1-2H3,(H,30,31)/b28-18+. The molecule has 1 amide bonds. The van der Waals surface area contributed by atoms with Crippen molar-refractivity contribution in [2.75, 3.05) is 6.61 Å². The van der Waals surface area contributed by atoms with Gasteiger partial charge in [0.25, 0.3) is 5.91 Å². The van der Waals surface area contributed by atoms with Crippen molar-refractivity contribution in [3.05, 3.63) is 82.0 Å². The monoisotopic (exact) mass is 457 g/mol. The Morgan fingerprint density at radius 1 is 1.09 bits per heavy atom. The summed E-state index contributed by atoms with van der Waals surface area (Å²) in [7, 11) is 0. The van der Waals surface area contributed by atoms with E-state index >= 15 is 0 Å². The van der Waals surface area contributed by atoms with Crippen LogP contribution in [0.25, 0.3) is 22.2 Å². The average Bonchev–Trinajstić information content (AvgIpc) is 3.31. The fourth-order valence-corrected chi connectivity index (χ4v) is 4.28. The van der Waals surface area contributed by atoms with Gasteiger partial charge in [-0.3, -0.25) is 4.79 Å². The first kappa shape index (κ1) is 22.7. The molecule has 0 radical (unpaired) electrons. The number of hydrazone groups is 1. The lowest BCUT2D eigenvalue weighted by molar-refractivity contribution is 0.0956. The van der Waals surface area contributed by atoms with Crippen LogP contribution >= 0.6 is 11.3 Å². The molecule has 0 unspecified atom stereocenters. The minimum absolute atomic E-state index is 0.270. The number of benzene rings is 2. The lowest BCUT2D eigenvalue weighted by Gasteiger charge is -2.10. The van der Waals surface area contributed by atoms with Crippen LogP contribution in [-0.4, -0.2) is 23.7 Å². The molecule has 5 nitrogen and oxygen atoms in total. The van der Waals surface area contributed by atoms with Crippen LogP contribution in [0.1, 0.15) is 46.8 Å². The van der Waals surface area contributed by atoms with Gasteiger partial charge in [0.15, 0.2) is 0 Å². The molecule has 4 rings (SSSR count). The molecule has 0 saturated heterocycles. The van der Waals surface area contributed by atoms with Crippen LogP contribution in [-0.2, 0) is 6.42 Å². The van der Waals surface area contributed by atoms with Crippen LogP contribution in [0.3, 0.4) is 0 Å². The fraction of sp³-hybridized carbons (Fsp3) is 0.222. The molecule has 0 aliphatic heterocycles.